The molecule has 0 amide bonds. The van der Waals surface area contributed by atoms with E-state index < -0.39 is 50.6 Å². The highest BCUT2D eigenvalue weighted by atomic mass is 32.2. The van der Waals surface area contributed by atoms with Crippen LogP contribution in [0.3, 0.4) is 0 Å². The SMILES string of the molecule is O=C(c1c(F)ccc(NS(=O)(=O)CC(F)(F)F)c1F)c1c[nH]c2ncnc(NCC3CC3)c12. The molecule has 3 N–H and O–H groups in total. The van der Waals surface area contributed by atoms with Crippen LogP contribution in [0.1, 0.15) is 28.8 Å². The van der Waals surface area contributed by atoms with E-state index in [1.165, 1.54) is 17.2 Å². The van der Waals surface area contributed by atoms with Crippen LogP contribution >= 0.6 is 0 Å². The number of aromatic nitrogens is 3. The van der Waals surface area contributed by atoms with E-state index in [4.69, 9.17) is 0 Å². The van der Waals surface area contributed by atoms with Crippen molar-refractivity contribution in [1.82, 2.24) is 15.0 Å². The van der Waals surface area contributed by atoms with Gasteiger partial charge in [-0.15, -0.1) is 0 Å². The molecule has 0 radical (unpaired) electrons. The molecule has 0 saturated heterocycles. The highest BCUT2D eigenvalue weighted by Crippen LogP contribution is 2.32. The Morgan fingerprint density at radius 3 is 2.58 bits per heavy atom. The second-order valence-electron chi connectivity index (χ2n) is 7.56. The maximum atomic E-state index is 15.0. The molecule has 3 aromatic rings. The van der Waals surface area contributed by atoms with Crippen molar-refractivity contribution in [1.29, 1.82) is 0 Å². The van der Waals surface area contributed by atoms with Gasteiger partial charge < -0.3 is 10.3 Å². The lowest BCUT2D eigenvalue weighted by Crippen LogP contribution is -2.28. The van der Waals surface area contributed by atoms with E-state index in [1.807, 2.05) is 0 Å². The number of hydrogen-bond acceptors (Lipinski definition) is 6. The highest BCUT2D eigenvalue weighted by Gasteiger charge is 2.36. The van der Waals surface area contributed by atoms with Crippen molar-refractivity contribution in [2.75, 3.05) is 22.3 Å². The number of anilines is 2. The van der Waals surface area contributed by atoms with Gasteiger partial charge in [0.05, 0.1) is 22.2 Å². The van der Waals surface area contributed by atoms with Crippen LogP contribution in [0.15, 0.2) is 24.7 Å². The molecule has 0 bridgehead atoms. The summed E-state index contributed by atoms with van der Waals surface area (Å²) in [6, 6.07) is 1.18. The molecule has 1 aromatic carbocycles. The first-order valence-corrected chi connectivity index (χ1v) is 11.3. The van der Waals surface area contributed by atoms with Crippen molar-refractivity contribution >= 4 is 38.3 Å². The van der Waals surface area contributed by atoms with Crippen molar-refractivity contribution in [2.24, 2.45) is 5.92 Å². The molecule has 1 aliphatic rings. The van der Waals surface area contributed by atoms with E-state index in [2.05, 4.69) is 20.3 Å². The molecule has 176 valence electrons. The molecule has 8 nitrogen and oxygen atoms in total. The van der Waals surface area contributed by atoms with Gasteiger partial charge in [0.15, 0.2) is 11.6 Å². The van der Waals surface area contributed by atoms with Gasteiger partial charge in [-0.1, -0.05) is 0 Å². The largest absolute Gasteiger partial charge is 0.404 e. The fraction of sp³-hybridized carbons (Fsp3) is 0.316. The summed E-state index contributed by atoms with van der Waals surface area (Å²) < 4.78 is 91.7. The molecule has 14 heteroatoms. The number of sulfonamides is 1. The average molecular weight is 489 g/mol. The Hall–Kier alpha value is -3.29. The molecule has 0 unspecified atom stereocenters. The number of ketones is 1. The second-order valence-corrected chi connectivity index (χ2v) is 9.28. The number of alkyl halides is 3. The Balaban J connectivity index is 1.72. The van der Waals surface area contributed by atoms with Gasteiger partial charge >= 0.3 is 6.18 Å². The van der Waals surface area contributed by atoms with Gasteiger partial charge in [-0.3, -0.25) is 9.52 Å². The van der Waals surface area contributed by atoms with Crippen molar-refractivity contribution < 1.29 is 35.2 Å². The van der Waals surface area contributed by atoms with Crippen LogP contribution in [0.2, 0.25) is 0 Å². The van der Waals surface area contributed by atoms with Gasteiger partial charge in [0, 0.05) is 12.7 Å². The number of nitrogens with zero attached hydrogens (tertiary/aromatic N) is 2. The van der Waals surface area contributed by atoms with Crippen LogP contribution in [0, 0.1) is 17.6 Å². The van der Waals surface area contributed by atoms with E-state index in [9.17, 15) is 35.2 Å². The third-order valence-electron chi connectivity index (χ3n) is 4.91. The zero-order valence-electron chi connectivity index (χ0n) is 16.6. The molecule has 33 heavy (non-hydrogen) atoms. The third-order valence-corrected chi connectivity index (χ3v) is 6.15. The second kappa shape index (κ2) is 8.24. The summed E-state index contributed by atoms with van der Waals surface area (Å²) in [5, 5.41) is 3.24. The molecule has 2 heterocycles. The molecule has 0 atom stereocenters. The van der Waals surface area contributed by atoms with Crippen molar-refractivity contribution in [2.45, 2.75) is 19.0 Å². The topological polar surface area (TPSA) is 117 Å². The van der Waals surface area contributed by atoms with Crippen LogP contribution in [-0.2, 0) is 10.0 Å². The van der Waals surface area contributed by atoms with Gasteiger partial charge in [0.25, 0.3) is 0 Å². The molecule has 0 aliphatic heterocycles. The van der Waals surface area contributed by atoms with E-state index in [0.29, 0.717) is 24.6 Å². The first-order valence-electron chi connectivity index (χ1n) is 9.61. The molecule has 1 aliphatic carbocycles. The van der Waals surface area contributed by atoms with E-state index in [1.54, 1.807) is 0 Å². The lowest BCUT2D eigenvalue weighted by atomic mass is 10.0. The normalized spacial score (nSPS) is 14.5. The minimum atomic E-state index is -5.09. The van der Waals surface area contributed by atoms with E-state index in [0.717, 1.165) is 12.8 Å². The molecular weight excluding hydrogens is 473 g/mol. The lowest BCUT2D eigenvalue weighted by Gasteiger charge is -2.13. The Kier molecular flexibility index (Phi) is 5.72. The number of aromatic amines is 1. The van der Waals surface area contributed by atoms with Gasteiger partial charge in [-0.25, -0.2) is 27.2 Å². The zero-order valence-corrected chi connectivity index (χ0v) is 17.4. The van der Waals surface area contributed by atoms with Crippen LogP contribution in [0.4, 0.5) is 33.5 Å². The van der Waals surface area contributed by atoms with Crippen LogP contribution in [-0.4, -0.2) is 47.6 Å². The van der Waals surface area contributed by atoms with Crippen molar-refractivity contribution in [3.8, 4) is 0 Å². The monoisotopic (exact) mass is 489 g/mol. The van der Waals surface area contributed by atoms with Gasteiger partial charge in [0.1, 0.15) is 23.6 Å². The fourth-order valence-corrected chi connectivity index (χ4v) is 4.23. The third kappa shape index (κ3) is 5.05. The van der Waals surface area contributed by atoms with E-state index in [-0.39, 0.29) is 22.4 Å². The van der Waals surface area contributed by atoms with Crippen LogP contribution in [0.25, 0.3) is 11.0 Å². The first kappa shape index (κ1) is 22.9. The maximum absolute atomic E-state index is 15.0. The van der Waals surface area contributed by atoms with Gasteiger partial charge in [-0.05, 0) is 30.9 Å². The fourth-order valence-electron chi connectivity index (χ4n) is 3.23. The Morgan fingerprint density at radius 2 is 1.91 bits per heavy atom. The summed E-state index contributed by atoms with van der Waals surface area (Å²) >= 11 is 0. The minimum Gasteiger partial charge on any atom is -0.369 e. The summed E-state index contributed by atoms with van der Waals surface area (Å²) in [5.41, 5.74) is -2.11. The number of benzene rings is 1. The number of fused-ring (bicyclic) bond motifs is 1. The molecule has 2 aromatic heterocycles. The number of hydrogen-bond donors (Lipinski definition) is 3. The number of carbonyl (C=O) groups excluding carboxylic acids is 1. The minimum absolute atomic E-state index is 0.171. The van der Waals surface area contributed by atoms with Gasteiger partial charge in [-0.2, -0.15) is 13.2 Å². The number of halogens is 5. The van der Waals surface area contributed by atoms with Gasteiger partial charge in [0.2, 0.25) is 15.8 Å². The predicted octanol–water partition coefficient (Wildman–Crippen LogP) is 3.59. The Bertz CT molecular complexity index is 1340. The zero-order chi connectivity index (χ0) is 24.0. The summed E-state index contributed by atoms with van der Waals surface area (Å²) in [6.45, 7) is 0.574. The molecule has 1 saturated carbocycles. The number of carbonyl (C=O) groups is 1. The average Bonchev–Trinajstić information content (AvgIpc) is 3.43. The van der Waals surface area contributed by atoms with Crippen LogP contribution in [0.5, 0.6) is 0 Å². The number of rotatable bonds is 8. The summed E-state index contributed by atoms with van der Waals surface area (Å²) in [4.78, 5) is 23.8. The Labute approximate surface area is 183 Å². The van der Waals surface area contributed by atoms with Crippen molar-refractivity contribution in [3.05, 3.63) is 47.4 Å². The Morgan fingerprint density at radius 1 is 1.18 bits per heavy atom. The molecule has 4 rings (SSSR count). The summed E-state index contributed by atoms with van der Waals surface area (Å²) in [5.74, 6) is -5.71. The summed E-state index contributed by atoms with van der Waals surface area (Å²) in [7, 11) is -5.06. The lowest BCUT2D eigenvalue weighted by molar-refractivity contribution is -0.106. The number of H-pyrrole nitrogens is 1. The quantitative estimate of drug-likeness (QED) is 0.329. The predicted molar refractivity (Wildman–Crippen MR) is 108 cm³/mol. The standard InChI is InChI=1S/C19H16F5N5O3S/c20-11-3-4-12(29-33(31,32)7-19(22,23)24)15(21)14(11)16(30)10-6-26-18-13(10)17(27-8-28-18)25-5-9-1-2-9/h3-4,6,8-9,29H,1-2,5,7H2,(H2,25,26,27,28). The van der Waals surface area contributed by atoms with Crippen molar-refractivity contribution in [3.63, 3.8) is 0 Å². The maximum Gasteiger partial charge on any atom is 0.404 e. The molecular formula is C19H16F5N5O3S. The number of nitrogens with one attached hydrogen (secondary N) is 3. The van der Waals surface area contributed by atoms with Crippen LogP contribution < -0.4 is 10.0 Å². The molecule has 1 fully saturated rings. The first-order chi connectivity index (χ1) is 15.5. The molecule has 0 spiro atoms. The smallest absolute Gasteiger partial charge is 0.369 e. The summed E-state index contributed by atoms with van der Waals surface area (Å²) in [6.07, 6.45) is -0.612. The highest BCUT2D eigenvalue weighted by molar-refractivity contribution is 7.92. The van der Waals surface area contributed by atoms with E-state index >= 15 is 0 Å².